The Morgan fingerprint density at radius 3 is 2.50 bits per heavy atom. The maximum atomic E-state index is 12.8. The maximum absolute atomic E-state index is 12.8. The Hall–Kier alpha value is -2.80. The molecular formula is C22H18Cl2N2O3S. The summed E-state index contributed by atoms with van der Waals surface area (Å²) < 4.78 is 5.10. The summed E-state index contributed by atoms with van der Waals surface area (Å²) in [5, 5.41) is 8.33. The third-order valence-corrected chi connectivity index (χ3v) is 5.54. The normalized spacial score (nSPS) is 11.1. The van der Waals surface area contributed by atoms with E-state index >= 15 is 0 Å². The van der Waals surface area contributed by atoms with Crippen LogP contribution >= 0.6 is 34.5 Å². The Morgan fingerprint density at radius 1 is 1.10 bits per heavy atom. The van der Waals surface area contributed by atoms with E-state index in [0.717, 1.165) is 4.88 Å². The number of carbonyl (C=O) groups is 2. The maximum Gasteiger partial charge on any atom is 0.268 e. The highest BCUT2D eigenvalue weighted by Crippen LogP contribution is 2.21. The van der Waals surface area contributed by atoms with Crippen molar-refractivity contribution in [3.8, 4) is 5.75 Å². The largest absolute Gasteiger partial charge is 0.497 e. The highest BCUT2D eigenvalue weighted by Gasteiger charge is 2.15. The predicted octanol–water partition coefficient (Wildman–Crippen LogP) is 5.15. The number of hydrogen-bond acceptors (Lipinski definition) is 4. The SMILES string of the molecule is COc1ccc(C(=O)N/C(=C\c2cccs2)C(=O)NCc2ccc(Cl)cc2Cl)cc1. The molecule has 0 atom stereocenters. The lowest BCUT2D eigenvalue weighted by atomic mass is 10.2. The van der Waals surface area contributed by atoms with Gasteiger partial charge in [-0.2, -0.15) is 0 Å². The minimum absolute atomic E-state index is 0.128. The van der Waals surface area contributed by atoms with Gasteiger partial charge in [-0.15, -0.1) is 11.3 Å². The van der Waals surface area contributed by atoms with Gasteiger partial charge in [-0.1, -0.05) is 35.3 Å². The van der Waals surface area contributed by atoms with Crippen molar-refractivity contribution in [2.75, 3.05) is 7.11 Å². The smallest absolute Gasteiger partial charge is 0.268 e. The van der Waals surface area contributed by atoms with E-state index in [9.17, 15) is 9.59 Å². The topological polar surface area (TPSA) is 67.4 Å². The third kappa shape index (κ3) is 5.86. The summed E-state index contributed by atoms with van der Waals surface area (Å²) in [5.41, 5.74) is 1.25. The molecule has 1 heterocycles. The molecule has 2 aromatic carbocycles. The van der Waals surface area contributed by atoms with Crippen LogP contribution in [-0.4, -0.2) is 18.9 Å². The van der Waals surface area contributed by atoms with Crippen LogP contribution in [0.1, 0.15) is 20.8 Å². The number of hydrogen-bond donors (Lipinski definition) is 2. The van der Waals surface area contributed by atoms with Gasteiger partial charge in [0.1, 0.15) is 11.4 Å². The molecule has 0 saturated heterocycles. The molecular weight excluding hydrogens is 443 g/mol. The average molecular weight is 461 g/mol. The van der Waals surface area contributed by atoms with Crippen LogP contribution in [-0.2, 0) is 11.3 Å². The Morgan fingerprint density at radius 2 is 1.87 bits per heavy atom. The molecule has 1 aromatic heterocycles. The minimum Gasteiger partial charge on any atom is -0.497 e. The van der Waals surface area contributed by atoms with E-state index in [0.29, 0.717) is 26.9 Å². The summed E-state index contributed by atoms with van der Waals surface area (Å²) in [7, 11) is 1.55. The van der Waals surface area contributed by atoms with Gasteiger partial charge in [0.25, 0.3) is 11.8 Å². The number of benzene rings is 2. The first kappa shape index (κ1) is 21.9. The minimum atomic E-state index is -0.434. The van der Waals surface area contributed by atoms with Crippen LogP contribution < -0.4 is 15.4 Å². The molecule has 8 heteroatoms. The second kappa shape index (κ2) is 10.3. The number of ether oxygens (including phenoxy) is 1. The molecule has 0 aliphatic carbocycles. The molecule has 2 N–H and O–H groups in total. The zero-order valence-electron chi connectivity index (χ0n) is 15.9. The molecule has 3 rings (SSSR count). The van der Waals surface area contributed by atoms with Gasteiger partial charge in [0, 0.05) is 27.0 Å². The summed E-state index contributed by atoms with van der Waals surface area (Å²) in [4.78, 5) is 26.3. The molecule has 3 aromatic rings. The number of rotatable bonds is 7. The molecule has 0 bridgehead atoms. The molecule has 2 amide bonds. The number of halogens is 2. The monoisotopic (exact) mass is 460 g/mol. The van der Waals surface area contributed by atoms with Crippen molar-refractivity contribution < 1.29 is 14.3 Å². The molecule has 0 aliphatic heterocycles. The average Bonchev–Trinajstić information content (AvgIpc) is 3.25. The Bertz CT molecular complexity index is 1060. The third-order valence-electron chi connectivity index (χ3n) is 4.13. The van der Waals surface area contributed by atoms with E-state index in [2.05, 4.69) is 10.6 Å². The molecule has 0 radical (unpaired) electrons. The fourth-order valence-corrected chi connectivity index (χ4v) is 3.68. The highest BCUT2D eigenvalue weighted by atomic mass is 35.5. The highest BCUT2D eigenvalue weighted by molar-refractivity contribution is 7.10. The number of nitrogens with one attached hydrogen (secondary N) is 2. The van der Waals surface area contributed by atoms with Crippen molar-refractivity contribution >= 4 is 52.4 Å². The van der Waals surface area contributed by atoms with E-state index < -0.39 is 11.8 Å². The zero-order valence-corrected chi connectivity index (χ0v) is 18.3. The number of carbonyl (C=O) groups excluding carboxylic acids is 2. The fourth-order valence-electron chi connectivity index (χ4n) is 2.55. The second-order valence-electron chi connectivity index (χ2n) is 6.17. The van der Waals surface area contributed by atoms with Crippen molar-refractivity contribution in [1.29, 1.82) is 0 Å². The van der Waals surface area contributed by atoms with E-state index in [1.165, 1.54) is 11.3 Å². The lowest BCUT2D eigenvalue weighted by molar-refractivity contribution is -0.117. The predicted molar refractivity (Wildman–Crippen MR) is 121 cm³/mol. The van der Waals surface area contributed by atoms with Crippen molar-refractivity contribution in [3.63, 3.8) is 0 Å². The number of amides is 2. The van der Waals surface area contributed by atoms with Gasteiger partial charge in [0.15, 0.2) is 0 Å². The van der Waals surface area contributed by atoms with Crippen LogP contribution in [0.4, 0.5) is 0 Å². The van der Waals surface area contributed by atoms with Gasteiger partial charge >= 0.3 is 0 Å². The quantitative estimate of drug-likeness (QED) is 0.479. The molecule has 0 saturated carbocycles. The summed E-state index contributed by atoms with van der Waals surface area (Å²) in [6, 6.07) is 15.4. The van der Waals surface area contributed by atoms with Crippen molar-refractivity contribution in [2.45, 2.75) is 6.54 Å². The molecule has 5 nitrogen and oxygen atoms in total. The Kier molecular flexibility index (Phi) is 7.52. The van der Waals surface area contributed by atoms with Crippen LogP contribution in [0.15, 0.2) is 65.7 Å². The van der Waals surface area contributed by atoms with E-state index in [-0.39, 0.29) is 12.2 Å². The van der Waals surface area contributed by atoms with Crippen LogP contribution in [0.25, 0.3) is 6.08 Å². The summed E-state index contributed by atoms with van der Waals surface area (Å²) in [6.07, 6.45) is 1.63. The van der Waals surface area contributed by atoms with Crippen LogP contribution in [0, 0.1) is 0 Å². The molecule has 0 unspecified atom stereocenters. The molecule has 0 fully saturated rings. The van der Waals surface area contributed by atoms with Crippen LogP contribution in [0.2, 0.25) is 10.0 Å². The lowest BCUT2D eigenvalue weighted by Gasteiger charge is -2.12. The lowest BCUT2D eigenvalue weighted by Crippen LogP contribution is -2.34. The standard InChI is InChI=1S/C22H18Cl2N2O3S/c1-29-17-8-5-14(6-9-17)21(27)26-20(12-18-3-2-10-30-18)22(28)25-13-15-4-7-16(23)11-19(15)24/h2-12H,13H2,1H3,(H,25,28)(H,26,27)/b20-12-. The molecule has 0 spiro atoms. The fraction of sp³-hybridized carbons (Fsp3) is 0.0909. The van der Waals surface area contributed by atoms with Gasteiger partial charge < -0.3 is 15.4 Å². The summed E-state index contributed by atoms with van der Waals surface area (Å²) in [5.74, 6) is -0.199. The number of thiophene rings is 1. The van der Waals surface area contributed by atoms with Gasteiger partial charge in [-0.05, 0) is 59.5 Å². The van der Waals surface area contributed by atoms with E-state index in [1.807, 2.05) is 17.5 Å². The van der Waals surface area contributed by atoms with Crippen LogP contribution in [0.5, 0.6) is 5.75 Å². The zero-order chi connectivity index (χ0) is 21.5. The first-order valence-electron chi connectivity index (χ1n) is 8.89. The van der Waals surface area contributed by atoms with E-state index in [4.69, 9.17) is 27.9 Å². The van der Waals surface area contributed by atoms with Crippen LogP contribution in [0.3, 0.4) is 0 Å². The summed E-state index contributed by atoms with van der Waals surface area (Å²) in [6.45, 7) is 0.190. The Balaban J connectivity index is 1.76. The van der Waals surface area contributed by atoms with Gasteiger partial charge in [0.2, 0.25) is 0 Å². The van der Waals surface area contributed by atoms with Gasteiger partial charge in [-0.25, -0.2) is 0 Å². The first-order valence-corrected chi connectivity index (χ1v) is 10.5. The van der Waals surface area contributed by atoms with Crippen molar-refractivity contribution in [2.24, 2.45) is 0 Å². The number of methoxy groups -OCH3 is 1. The second-order valence-corrected chi connectivity index (χ2v) is 8.00. The van der Waals surface area contributed by atoms with Gasteiger partial charge in [0.05, 0.1) is 7.11 Å². The summed E-state index contributed by atoms with van der Waals surface area (Å²) >= 11 is 13.5. The van der Waals surface area contributed by atoms with E-state index in [1.54, 1.807) is 55.7 Å². The first-order chi connectivity index (χ1) is 14.5. The van der Waals surface area contributed by atoms with Gasteiger partial charge in [-0.3, -0.25) is 9.59 Å². The van der Waals surface area contributed by atoms with Crippen molar-refractivity contribution in [3.05, 3.63) is 91.7 Å². The molecule has 154 valence electrons. The molecule has 30 heavy (non-hydrogen) atoms. The van der Waals surface area contributed by atoms with Crippen molar-refractivity contribution in [1.82, 2.24) is 10.6 Å². The molecule has 0 aliphatic rings. The Labute approximate surface area is 188 Å².